The van der Waals surface area contributed by atoms with E-state index in [1.54, 1.807) is 11.8 Å². The van der Waals surface area contributed by atoms with E-state index in [1.165, 1.54) is 0 Å². The maximum absolute atomic E-state index is 12.8. The minimum Gasteiger partial charge on any atom is -0.480 e. The highest BCUT2D eigenvalue weighted by atomic mass is 79.9. The Morgan fingerprint density at radius 3 is 2.74 bits per heavy atom. The Hall–Kier alpha value is -1.56. The SMILES string of the molecule is CC(C)C[C@H]1C(=O)NCCN1C(=O)[C@@H](C)Oc1ccccc1Br. The van der Waals surface area contributed by atoms with E-state index in [4.69, 9.17) is 4.74 Å². The molecule has 1 aliphatic heterocycles. The molecule has 0 spiro atoms. The third-order valence-electron chi connectivity index (χ3n) is 3.80. The molecule has 0 unspecified atom stereocenters. The standard InChI is InChI=1S/C17H23BrN2O3/c1-11(2)10-14-16(21)19-8-9-20(14)17(22)12(3)23-15-7-5-4-6-13(15)18/h4-7,11-12,14H,8-10H2,1-3H3,(H,19,21)/t12-,14+/m1/s1. The van der Waals surface area contributed by atoms with Crippen LogP contribution in [0.4, 0.5) is 0 Å². The van der Waals surface area contributed by atoms with Crippen LogP contribution in [0.25, 0.3) is 0 Å². The van der Waals surface area contributed by atoms with E-state index in [9.17, 15) is 9.59 Å². The molecule has 1 aliphatic rings. The lowest BCUT2D eigenvalue weighted by Crippen LogP contribution is -2.59. The average molecular weight is 383 g/mol. The van der Waals surface area contributed by atoms with E-state index in [0.29, 0.717) is 31.2 Å². The van der Waals surface area contributed by atoms with Gasteiger partial charge in [-0.2, -0.15) is 0 Å². The Morgan fingerprint density at radius 2 is 2.09 bits per heavy atom. The summed E-state index contributed by atoms with van der Waals surface area (Å²) in [5, 5.41) is 2.84. The number of hydrogen-bond donors (Lipinski definition) is 1. The average Bonchev–Trinajstić information content (AvgIpc) is 2.50. The maximum Gasteiger partial charge on any atom is 0.264 e. The van der Waals surface area contributed by atoms with Crippen LogP contribution in [-0.4, -0.2) is 41.9 Å². The fourth-order valence-electron chi connectivity index (χ4n) is 2.67. The van der Waals surface area contributed by atoms with Gasteiger partial charge in [-0.3, -0.25) is 9.59 Å². The Balaban J connectivity index is 2.10. The van der Waals surface area contributed by atoms with Gasteiger partial charge in [0.15, 0.2) is 6.10 Å². The number of carbonyl (C=O) groups is 2. The number of benzene rings is 1. The van der Waals surface area contributed by atoms with Crippen molar-refractivity contribution in [2.24, 2.45) is 5.92 Å². The smallest absolute Gasteiger partial charge is 0.264 e. The number of carbonyl (C=O) groups excluding carboxylic acids is 2. The minimum absolute atomic E-state index is 0.0774. The molecule has 0 aromatic heterocycles. The highest BCUT2D eigenvalue weighted by Gasteiger charge is 2.35. The molecule has 0 saturated carbocycles. The van der Waals surface area contributed by atoms with Gasteiger partial charge in [-0.1, -0.05) is 26.0 Å². The lowest BCUT2D eigenvalue weighted by atomic mass is 9.99. The van der Waals surface area contributed by atoms with Crippen LogP contribution in [0.1, 0.15) is 27.2 Å². The van der Waals surface area contributed by atoms with Gasteiger partial charge in [-0.15, -0.1) is 0 Å². The molecule has 1 aromatic rings. The Kier molecular flexibility index (Phi) is 6.04. The number of para-hydroxylation sites is 1. The van der Waals surface area contributed by atoms with Crippen LogP contribution in [0.15, 0.2) is 28.7 Å². The number of nitrogens with one attached hydrogen (secondary N) is 1. The molecule has 6 heteroatoms. The molecule has 1 heterocycles. The molecular formula is C17H23BrN2O3. The van der Waals surface area contributed by atoms with Crippen LogP contribution < -0.4 is 10.1 Å². The van der Waals surface area contributed by atoms with Crippen molar-refractivity contribution < 1.29 is 14.3 Å². The van der Waals surface area contributed by atoms with Crippen molar-refractivity contribution in [1.82, 2.24) is 10.2 Å². The fraction of sp³-hybridized carbons (Fsp3) is 0.529. The van der Waals surface area contributed by atoms with Gasteiger partial charge in [-0.25, -0.2) is 0 Å². The largest absolute Gasteiger partial charge is 0.480 e. The number of piperazine rings is 1. The van der Waals surface area contributed by atoms with Crippen LogP contribution in [0.2, 0.25) is 0 Å². The minimum atomic E-state index is -0.644. The number of rotatable bonds is 5. The predicted octanol–water partition coefficient (Wildman–Crippen LogP) is 2.59. The molecule has 1 fully saturated rings. The molecule has 1 aromatic carbocycles. The zero-order valence-corrected chi connectivity index (χ0v) is 15.3. The first-order chi connectivity index (χ1) is 10.9. The van der Waals surface area contributed by atoms with E-state index >= 15 is 0 Å². The summed E-state index contributed by atoms with van der Waals surface area (Å²) < 4.78 is 6.58. The molecular weight excluding hydrogens is 360 g/mol. The van der Waals surface area contributed by atoms with Gasteiger partial charge in [0.2, 0.25) is 5.91 Å². The number of hydrogen-bond acceptors (Lipinski definition) is 3. The van der Waals surface area contributed by atoms with Crippen molar-refractivity contribution in [3.63, 3.8) is 0 Å². The molecule has 0 radical (unpaired) electrons. The first-order valence-corrected chi connectivity index (χ1v) is 8.68. The van der Waals surface area contributed by atoms with Gasteiger partial charge in [-0.05, 0) is 47.3 Å². The molecule has 0 bridgehead atoms. The second-order valence-corrected chi connectivity index (χ2v) is 7.01. The second kappa shape index (κ2) is 7.81. The van der Waals surface area contributed by atoms with Crippen molar-refractivity contribution in [2.45, 2.75) is 39.3 Å². The molecule has 1 N–H and O–H groups in total. The van der Waals surface area contributed by atoms with Gasteiger partial charge in [0.1, 0.15) is 11.8 Å². The quantitative estimate of drug-likeness (QED) is 0.851. The summed E-state index contributed by atoms with van der Waals surface area (Å²) in [6.07, 6.45) is 0.00791. The topological polar surface area (TPSA) is 58.6 Å². The zero-order chi connectivity index (χ0) is 17.0. The van der Waals surface area contributed by atoms with Crippen molar-refractivity contribution in [1.29, 1.82) is 0 Å². The van der Waals surface area contributed by atoms with E-state index < -0.39 is 12.1 Å². The van der Waals surface area contributed by atoms with Gasteiger partial charge >= 0.3 is 0 Å². The number of amides is 2. The van der Waals surface area contributed by atoms with Crippen LogP contribution in [0.3, 0.4) is 0 Å². The summed E-state index contributed by atoms with van der Waals surface area (Å²) >= 11 is 3.41. The van der Waals surface area contributed by atoms with Crippen molar-refractivity contribution in [3.05, 3.63) is 28.7 Å². The number of ether oxygens (including phenoxy) is 1. The van der Waals surface area contributed by atoms with Crippen LogP contribution in [0, 0.1) is 5.92 Å². The summed E-state index contributed by atoms with van der Waals surface area (Å²) in [6, 6.07) is 7.00. The Labute approximate surface area is 145 Å². The second-order valence-electron chi connectivity index (χ2n) is 6.16. The van der Waals surface area contributed by atoms with Gasteiger partial charge < -0.3 is 15.0 Å². The van der Waals surface area contributed by atoms with E-state index in [0.717, 1.165) is 4.47 Å². The summed E-state index contributed by atoms with van der Waals surface area (Å²) in [4.78, 5) is 26.5. The molecule has 23 heavy (non-hydrogen) atoms. The first-order valence-electron chi connectivity index (χ1n) is 7.89. The summed E-state index contributed by atoms with van der Waals surface area (Å²) in [7, 11) is 0. The van der Waals surface area contributed by atoms with Gasteiger partial charge in [0.05, 0.1) is 4.47 Å². The highest BCUT2D eigenvalue weighted by molar-refractivity contribution is 9.10. The molecule has 5 nitrogen and oxygen atoms in total. The molecule has 1 saturated heterocycles. The molecule has 2 atom stereocenters. The molecule has 2 amide bonds. The van der Waals surface area contributed by atoms with Gasteiger partial charge in [0.25, 0.3) is 5.91 Å². The van der Waals surface area contributed by atoms with Crippen LogP contribution in [-0.2, 0) is 9.59 Å². The lowest BCUT2D eigenvalue weighted by Gasteiger charge is -2.37. The predicted molar refractivity (Wildman–Crippen MR) is 92.2 cm³/mol. The Morgan fingerprint density at radius 1 is 1.39 bits per heavy atom. The van der Waals surface area contributed by atoms with Crippen LogP contribution >= 0.6 is 15.9 Å². The third-order valence-corrected chi connectivity index (χ3v) is 4.45. The highest BCUT2D eigenvalue weighted by Crippen LogP contribution is 2.25. The summed E-state index contributed by atoms with van der Waals surface area (Å²) in [6.45, 7) is 6.82. The van der Waals surface area contributed by atoms with Crippen molar-refractivity contribution in [3.8, 4) is 5.75 Å². The van der Waals surface area contributed by atoms with Crippen LogP contribution in [0.5, 0.6) is 5.75 Å². The Bertz CT molecular complexity index is 577. The van der Waals surface area contributed by atoms with E-state index in [1.807, 2.05) is 38.1 Å². The molecule has 126 valence electrons. The van der Waals surface area contributed by atoms with Crippen molar-refractivity contribution in [2.75, 3.05) is 13.1 Å². The summed E-state index contributed by atoms with van der Waals surface area (Å²) in [5.74, 6) is 0.724. The van der Waals surface area contributed by atoms with E-state index in [-0.39, 0.29) is 11.8 Å². The number of halogens is 1. The number of nitrogens with zero attached hydrogens (tertiary/aromatic N) is 1. The molecule has 0 aliphatic carbocycles. The first kappa shape index (κ1) is 17.8. The van der Waals surface area contributed by atoms with Crippen molar-refractivity contribution >= 4 is 27.7 Å². The van der Waals surface area contributed by atoms with E-state index in [2.05, 4.69) is 21.2 Å². The summed E-state index contributed by atoms with van der Waals surface area (Å²) in [5.41, 5.74) is 0. The maximum atomic E-state index is 12.8. The third kappa shape index (κ3) is 4.47. The zero-order valence-electron chi connectivity index (χ0n) is 13.7. The fourth-order valence-corrected chi connectivity index (χ4v) is 3.05. The normalized spacial score (nSPS) is 19.4. The lowest BCUT2D eigenvalue weighted by molar-refractivity contribution is -0.148. The monoisotopic (exact) mass is 382 g/mol. The molecule has 2 rings (SSSR count). The van der Waals surface area contributed by atoms with Gasteiger partial charge in [0, 0.05) is 13.1 Å².